The highest BCUT2D eigenvalue weighted by Crippen LogP contribution is 2.19. The Bertz CT molecular complexity index is 233. The van der Waals surface area contributed by atoms with E-state index in [1.54, 1.807) is 0 Å². The summed E-state index contributed by atoms with van der Waals surface area (Å²) in [4.78, 5) is 0. The zero-order valence-electron chi connectivity index (χ0n) is 9.29. The van der Waals surface area contributed by atoms with Crippen molar-refractivity contribution in [3.63, 3.8) is 0 Å². The third kappa shape index (κ3) is 4.56. The lowest BCUT2D eigenvalue weighted by Crippen LogP contribution is -1.87. The van der Waals surface area contributed by atoms with Gasteiger partial charge in [0.2, 0.25) is 0 Å². The fourth-order valence-electron chi connectivity index (χ4n) is 0.628. The van der Waals surface area contributed by atoms with Gasteiger partial charge in [-0.1, -0.05) is 39.3 Å². The molecule has 0 amide bonds. The van der Waals surface area contributed by atoms with E-state index in [2.05, 4.69) is 0 Å². The molecule has 0 spiro atoms. The Balaban J connectivity index is 0. The van der Waals surface area contributed by atoms with Crippen molar-refractivity contribution < 1.29 is 8.78 Å². The molecule has 82 valence electrons. The van der Waals surface area contributed by atoms with Gasteiger partial charge in [-0.25, -0.2) is 8.78 Å². The topological polar surface area (TPSA) is 0 Å². The maximum atomic E-state index is 12.6. The van der Waals surface area contributed by atoms with E-state index in [0.717, 1.165) is 6.07 Å². The lowest BCUT2D eigenvalue weighted by atomic mass is 10.2. The molecule has 1 aromatic rings. The molecule has 3 heteroatoms. The lowest BCUT2D eigenvalue weighted by Gasteiger charge is -1.98. The van der Waals surface area contributed by atoms with E-state index in [1.807, 2.05) is 27.7 Å². The van der Waals surface area contributed by atoms with E-state index in [4.69, 9.17) is 11.6 Å². The number of hydrogen-bond donors (Lipinski definition) is 0. The maximum Gasteiger partial charge on any atom is 0.147 e. The van der Waals surface area contributed by atoms with Crippen molar-refractivity contribution in [2.75, 3.05) is 0 Å². The highest BCUT2D eigenvalue weighted by molar-refractivity contribution is 6.30. The molecule has 14 heavy (non-hydrogen) atoms. The van der Waals surface area contributed by atoms with E-state index in [1.165, 1.54) is 13.0 Å². The van der Waals surface area contributed by atoms with E-state index in [0.29, 0.717) is 0 Å². The molecule has 0 bridgehead atoms. The van der Waals surface area contributed by atoms with Gasteiger partial charge in [-0.05, 0) is 19.1 Å². The molecule has 0 aliphatic heterocycles. The van der Waals surface area contributed by atoms with Gasteiger partial charge in [-0.15, -0.1) is 0 Å². The molecule has 0 saturated heterocycles. The Labute approximate surface area is 89.9 Å². The summed E-state index contributed by atoms with van der Waals surface area (Å²) in [5.41, 5.74) is -0.0347. The molecular formula is C11H17ClF2. The summed E-state index contributed by atoms with van der Waals surface area (Å²) in [6, 6.07) is 2.33. The highest BCUT2D eigenvalue weighted by Gasteiger charge is 2.06. The predicted octanol–water partition coefficient (Wildman–Crippen LogP) is 4.98. The molecule has 0 heterocycles. The van der Waals surface area contributed by atoms with Crippen molar-refractivity contribution in [1.82, 2.24) is 0 Å². The van der Waals surface area contributed by atoms with Gasteiger partial charge in [0.1, 0.15) is 11.6 Å². The van der Waals surface area contributed by atoms with Gasteiger partial charge in [-0.3, -0.25) is 0 Å². The van der Waals surface area contributed by atoms with Crippen LogP contribution in [0.4, 0.5) is 8.78 Å². The van der Waals surface area contributed by atoms with Crippen molar-refractivity contribution >= 4 is 11.6 Å². The summed E-state index contributed by atoms with van der Waals surface area (Å²) in [6.07, 6.45) is 0. The smallest absolute Gasteiger partial charge is 0.147 e. The van der Waals surface area contributed by atoms with Crippen LogP contribution in [0, 0.1) is 18.6 Å². The minimum atomic E-state index is -0.679. The summed E-state index contributed by atoms with van der Waals surface area (Å²) >= 11 is 5.34. The highest BCUT2D eigenvalue weighted by atomic mass is 35.5. The number of hydrogen-bond acceptors (Lipinski definition) is 0. The zero-order valence-corrected chi connectivity index (χ0v) is 10.0. The standard InChI is InChI=1S/C7H5ClF2.2C2H6/c1-4-6(9)3-2-5(8)7(4)10;2*1-2/h2-3H,1H3;2*1-2H3. The van der Waals surface area contributed by atoms with Crippen molar-refractivity contribution in [2.24, 2.45) is 0 Å². The van der Waals surface area contributed by atoms with E-state index in [9.17, 15) is 8.78 Å². The second kappa shape index (κ2) is 8.95. The minimum Gasteiger partial charge on any atom is -0.207 e. The van der Waals surface area contributed by atoms with Gasteiger partial charge in [-0.2, -0.15) is 0 Å². The molecule has 1 aromatic carbocycles. The molecule has 0 atom stereocenters. The number of benzene rings is 1. The van der Waals surface area contributed by atoms with Crippen molar-refractivity contribution in [1.29, 1.82) is 0 Å². The summed E-state index contributed by atoms with van der Waals surface area (Å²) in [5.74, 6) is -1.25. The Morgan fingerprint density at radius 2 is 1.43 bits per heavy atom. The molecule has 0 nitrogen and oxygen atoms in total. The molecule has 0 fully saturated rings. The Kier molecular flexibility index (Phi) is 10.1. The van der Waals surface area contributed by atoms with Crippen molar-refractivity contribution in [2.45, 2.75) is 34.6 Å². The van der Waals surface area contributed by atoms with Crippen LogP contribution in [0.15, 0.2) is 12.1 Å². The average molecular weight is 223 g/mol. The van der Waals surface area contributed by atoms with Crippen LogP contribution in [0.5, 0.6) is 0 Å². The Morgan fingerprint density at radius 1 is 1.00 bits per heavy atom. The number of rotatable bonds is 0. The molecule has 0 radical (unpaired) electrons. The first-order chi connectivity index (χ1) is 6.63. The normalized spacial score (nSPS) is 8.00. The first-order valence-corrected chi connectivity index (χ1v) is 5.11. The predicted molar refractivity (Wildman–Crippen MR) is 58.8 cm³/mol. The van der Waals surface area contributed by atoms with Crippen LogP contribution >= 0.6 is 11.6 Å². The SMILES string of the molecule is CC.CC.Cc1c(F)ccc(Cl)c1F. The fraction of sp³-hybridized carbons (Fsp3) is 0.455. The van der Waals surface area contributed by atoms with Gasteiger partial charge in [0, 0.05) is 5.56 Å². The molecule has 0 N–H and O–H groups in total. The van der Waals surface area contributed by atoms with Gasteiger partial charge in [0.15, 0.2) is 0 Å². The summed E-state index contributed by atoms with van der Waals surface area (Å²) < 4.78 is 25.1. The van der Waals surface area contributed by atoms with Gasteiger partial charge in [0.25, 0.3) is 0 Å². The summed E-state index contributed by atoms with van der Waals surface area (Å²) in [7, 11) is 0. The molecule has 1 rings (SSSR count). The minimum absolute atomic E-state index is 0.0347. The molecule has 0 aliphatic carbocycles. The van der Waals surface area contributed by atoms with Crippen molar-refractivity contribution in [3.8, 4) is 0 Å². The quantitative estimate of drug-likeness (QED) is 0.543. The number of halogens is 3. The van der Waals surface area contributed by atoms with Crippen LogP contribution < -0.4 is 0 Å². The monoisotopic (exact) mass is 222 g/mol. The molecule has 0 unspecified atom stereocenters. The van der Waals surface area contributed by atoms with Crippen LogP contribution in [0.1, 0.15) is 33.3 Å². The third-order valence-corrected chi connectivity index (χ3v) is 1.57. The van der Waals surface area contributed by atoms with E-state index in [-0.39, 0.29) is 10.6 Å². The van der Waals surface area contributed by atoms with E-state index >= 15 is 0 Å². The second-order valence-corrected chi connectivity index (χ2v) is 2.38. The molecular weight excluding hydrogens is 206 g/mol. The van der Waals surface area contributed by atoms with Gasteiger partial charge < -0.3 is 0 Å². The van der Waals surface area contributed by atoms with Crippen LogP contribution in [-0.2, 0) is 0 Å². The zero-order chi connectivity index (χ0) is 11.7. The maximum absolute atomic E-state index is 12.6. The lowest BCUT2D eigenvalue weighted by molar-refractivity contribution is 0.568. The van der Waals surface area contributed by atoms with Gasteiger partial charge >= 0.3 is 0 Å². The second-order valence-electron chi connectivity index (χ2n) is 1.97. The first kappa shape index (κ1) is 15.8. The largest absolute Gasteiger partial charge is 0.207 e. The van der Waals surface area contributed by atoms with Crippen LogP contribution in [0.2, 0.25) is 5.02 Å². The van der Waals surface area contributed by atoms with E-state index < -0.39 is 11.6 Å². The van der Waals surface area contributed by atoms with Crippen LogP contribution in [-0.4, -0.2) is 0 Å². The molecule has 0 aliphatic rings. The average Bonchev–Trinajstić information content (AvgIpc) is 2.26. The summed E-state index contributed by atoms with van der Waals surface area (Å²) in [6.45, 7) is 9.34. The Morgan fingerprint density at radius 3 is 1.79 bits per heavy atom. The van der Waals surface area contributed by atoms with Gasteiger partial charge in [0.05, 0.1) is 5.02 Å². The van der Waals surface area contributed by atoms with Crippen molar-refractivity contribution in [3.05, 3.63) is 34.4 Å². The molecule has 0 saturated carbocycles. The summed E-state index contributed by atoms with van der Waals surface area (Å²) in [5, 5.41) is -0.0427. The first-order valence-electron chi connectivity index (χ1n) is 4.73. The third-order valence-electron chi connectivity index (χ3n) is 1.27. The Hall–Kier alpha value is -0.630. The fourth-order valence-corrected chi connectivity index (χ4v) is 0.833. The van der Waals surface area contributed by atoms with Crippen LogP contribution in [0.3, 0.4) is 0 Å². The van der Waals surface area contributed by atoms with Crippen LogP contribution in [0.25, 0.3) is 0 Å². The molecule has 0 aromatic heterocycles.